The lowest BCUT2D eigenvalue weighted by atomic mass is 10.3. The van der Waals surface area contributed by atoms with E-state index in [0.29, 0.717) is 19.1 Å². The zero-order valence-electron chi connectivity index (χ0n) is 12.1. The first-order chi connectivity index (χ1) is 8.34. The lowest BCUT2D eigenvalue weighted by molar-refractivity contribution is -0.139. The molecular formula is C12H26N4O2. The number of hydrogen-bond donors (Lipinski definition) is 2. The van der Waals surface area contributed by atoms with Crippen LogP contribution in [0, 0.1) is 0 Å². The standard InChI is InChI=1S/C12H26N4O2/c1-10(2)16(5)9-7-14-12(18)11(17)13-6-8-15(3)4/h10H,6-9H2,1-5H3,(H,13,17)(H,14,18). The van der Waals surface area contributed by atoms with Crippen molar-refractivity contribution in [2.24, 2.45) is 0 Å². The maximum absolute atomic E-state index is 11.4. The van der Waals surface area contributed by atoms with Gasteiger partial charge in [0.25, 0.3) is 0 Å². The minimum absolute atomic E-state index is 0.427. The van der Waals surface area contributed by atoms with Gasteiger partial charge in [-0.1, -0.05) is 0 Å². The number of carbonyl (C=O) groups is 2. The molecule has 0 rings (SSSR count). The first-order valence-electron chi connectivity index (χ1n) is 6.25. The van der Waals surface area contributed by atoms with Crippen molar-refractivity contribution < 1.29 is 9.59 Å². The molecule has 2 N–H and O–H groups in total. The molecule has 0 bridgehead atoms. The van der Waals surface area contributed by atoms with Gasteiger partial charge in [-0.25, -0.2) is 0 Å². The molecule has 2 amide bonds. The molecule has 0 aromatic rings. The van der Waals surface area contributed by atoms with E-state index < -0.39 is 11.8 Å². The van der Waals surface area contributed by atoms with Gasteiger partial charge in [-0.05, 0) is 35.0 Å². The summed E-state index contributed by atoms with van der Waals surface area (Å²) < 4.78 is 0. The molecule has 0 fully saturated rings. The predicted octanol–water partition coefficient (Wildman–Crippen LogP) is -0.879. The van der Waals surface area contributed by atoms with Crippen LogP contribution in [0.15, 0.2) is 0 Å². The highest BCUT2D eigenvalue weighted by molar-refractivity contribution is 6.35. The minimum atomic E-state index is -0.566. The van der Waals surface area contributed by atoms with Crippen LogP contribution in [0.5, 0.6) is 0 Å². The van der Waals surface area contributed by atoms with E-state index in [9.17, 15) is 9.59 Å². The van der Waals surface area contributed by atoms with Crippen LogP contribution in [0.2, 0.25) is 0 Å². The van der Waals surface area contributed by atoms with Gasteiger partial charge >= 0.3 is 11.8 Å². The third kappa shape index (κ3) is 8.03. The Morgan fingerprint density at radius 2 is 1.39 bits per heavy atom. The van der Waals surface area contributed by atoms with Crippen LogP contribution in [-0.2, 0) is 9.59 Å². The Balaban J connectivity index is 3.72. The largest absolute Gasteiger partial charge is 0.347 e. The molecule has 106 valence electrons. The van der Waals surface area contributed by atoms with E-state index >= 15 is 0 Å². The number of amides is 2. The Morgan fingerprint density at radius 3 is 1.78 bits per heavy atom. The Hall–Kier alpha value is -1.14. The van der Waals surface area contributed by atoms with Crippen LogP contribution < -0.4 is 10.6 Å². The van der Waals surface area contributed by atoms with Crippen LogP contribution in [-0.4, -0.2) is 75.0 Å². The Bertz CT molecular complexity index is 267. The molecule has 0 saturated carbocycles. The molecule has 0 aromatic carbocycles. The van der Waals surface area contributed by atoms with E-state index in [1.165, 1.54) is 0 Å². The van der Waals surface area contributed by atoms with Crippen molar-refractivity contribution in [3.8, 4) is 0 Å². The second-order valence-electron chi connectivity index (χ2n) is 4.89. The van der Waals surface area contributed by atoms with E-state index in [1.807, 2.05) is 26.0 Å². The van der Waals surface area contributed by atoms with Crippen LogP contribution in [0.25, 0.3) is 0 Å². The fourth-order valence-corrected chi connectivity index (χ4v) is 1.16. The summed E-state index contributed by atoms with van der Waals surface area (Å²) in [7, 11) is 5.80. The van der Waals surface area contributed by atoms with Gasteiger partial charge in [0.2, 0.25) is 0 Å². The molecule has 6 heteroatoms. The average Bonchev–Trinajstić information content (AvgIpc) is 2.27. The molecule has 0 spiro atoms. The van der Waals surface area contributed by atoms with Crippen molar-refractivity contribution in [1.29, 1.82) is 0 Å². The van der Waals surface area contributed by atoms with Gasteiger partial charge in [0, 0.05) is 32.2 Å². The third-order valence-corrected chi connectivity index (χ3v) is 2.68. The molecule has 0 saturated heterocycles. The summed E-state index contributed by atoms with van der Waals surface area (Å²) in [5, 5.41) is 5.17. The minimum Gasteiger partial charge on any atom is -0.347 e. The van der Waals surface area contributed by atoms with Gasteiger partial charge in [0.15, 0.2) is 0 Å². The van der Waals surface area contributed by atoms with E-state index in [0.717, 1.165) is 13.1 Å². The number of likely N-dealkylation sites (N-methyl/N-ethyl adjacent to an activating group) is 2. The van der Waals surface area contributed by atoms with Crippen molar-refractivity contribution >= 4 is 11.8 Å². The van der Waals surface area contributed by atoms with E-state index in [-0.39, 0.29) is 0 Å². The van der Waals surface area contributed by atoms with E-state index in [2.05, 4.69) is 29.4 Å². The summed E-state index contributed by atoms with van der Waals surface area (Å²) in [5.74, 6) is -1.13. The van der Waals surface area contributed by atoms with Crippen molar-refractivity contribution in [2.45, 2.75) is 19.9 Å². The second-order valence-corrected chi connectivity index (χ2v) is 4.89. The molecule has 0 heterocycles. The molecule has 0 atom stereocenters. The smallest absolute Gasteiger partial charge is 0.309 e. The molecule has 0 aromatic heterocycles. The number of nitrogens with zero attached hydrogens (tertiary/aromatic N) is 2. The second kappa shape index (κ2) is 8.88. The quantitative estimate of drug-likeness (QED) is 0.582. The zero-order chi connectivity index (χ0) is 14.1. The molecule has 18 heavy (non-hydrogen) atoms. The van der Waals surface area contributed by atoms with Gasteiger partial charge in [-0.2, -0.15) is 0 Å². The maximum Gasteiger partial charge on any atom is 0.309 e. The van der Waals surface area contributed by atoms with Gasteiger partial charge in [-0.3, -0.25) is 9.59 Å². The monoisotopic (exact) mass is 258 g/mol. The molecule has 0 unspecified atom stereocenters. The fraction of sp³-hybridized carbons (Fsp3) is 0.833. The molecule has 0 radical (unpaired) electrons. The molecule has 0 aliphatic rings. The summed E-state index contributed by atoms with van der Waals surface area (Å²) >= 11 is 0. The van der Waals surface area contributed by atoms with Crippen LogP contribution in [0.3, 0.4) is 0 Å². The van der Waals surface area contributed by atoms with Gasteiger partial charge in [-0.15, -0.1) is 0 Å². The highest BCUT2D eigenvalue weighted by Gasteiger charge is 2.12. The first kappa shape index (κ1) is 16.9. The summed E-state index contributed by atoms with van der Waals surface area (Å²) in [6.45, 7) is 6.56. The maximum atomic E-state index is 11.4. The van der Waals surface area contributed by atoms with Crippen molar-refractivity contribution in [3.63, 3.8) is 0 Å². The van der Waals surface area contributed by atoms with E-state index in [1.54, 1.807) is 0 Å². The summed E-state index contributed by atoms with van der Waals surface area (Å²) in [6.07, 6.45) is 0. The number of rotatable bonds is 7. The number of carbonyl (C=O) groups excluding carboxylic acids is 2. The van der Waals surface area contributed by atoms with Gasteiger partial charge in [0.1, 0.15) is 0 Å². The van der Waals surface area contributed by atoms with Gasteiger partial charge in [0.05, 0.1) is 0 Å². The van der Waals surface area contributed by atoms with Crippen LogP contribution >= 0.6 is 0 Å². The average molecular weight is 258 g/mol. The van der Waals surface area contributed by atoms with Crippen LogP contribution in [0.4, 0.5) is 0 Å². The summed E-state index contributed by atoms with van der Waals surface area (Å²) in [6, 6.07) is 0.427. The third-order valence-electron chi connectivity index (χ3n) is 2.68. The Kier molecular flexibility index (Phi) is 8.32. The lowest BCUT2D eigenvalue weighted by Gasteiger charge is -2.20. The summed E-state index contributed by atoms with van der Waals surface area (Å²) in [5.41, 5.74) is 0. The first-order valence-corrected chi connectivity index (χ1v) is 6.25. The molecule has 6 nitrogen and oxygen atoms in total. The lowest BCUT2D eigenvalue weighted by Crippen LogP contribution is -2.44. The predicted molar refractivity (Wildman–Crippen MR) is 72.3 cm³/mol. The molecule has 0 aliphatic carbocycles. The van der Waals surface area contributed by atoms with Crippen molar-refractivity contribution in [1.82, 2.24) is 20.4 Å². The topological polar surface area (TPSA) is 64.7 Å². The zero-order valence-corrected chi connectivity index (χ0v) is 12.1. The highest BCUT2D eigenvalue weighted by Crippen LogP contribution is 1.90. The molecular weight excluding hydrogens is 232 g/mol. The number of hydrogen-bond acceptors (Lipinski definition) is 4. The van der Waals surface area contributed by atoms with E-state index in [4.69, 9.17) is 0 Å². The van der Waals surface area contributed by atoms with Gasteiger partial charge < -0.3 is 20.4 Å². The Morgan fingerprint density at radius 1 is 0.944 bits per heavy atom. The number of nitrogens with one attached hydrogen (secondary N) is 2. The van der Waals surface area contributed by atoms with Crippen molar-refractivity contribution in [3.05, 3.63) is 0 Å². The fourth-order valence-electron chi connectivity index (χ4n) is 1.16. The SMILES string of the molecule is CC(C)N(C)CCNC(=O)C(=O)NCCN(C)C. The molecule has 0 aliphatic heterocycles. The normalized spacial score (nSPS) is 11.1. The Labute approximate surface area is 110 Å². The van der Waals surface area contributed by atoms with Crippen LogP contribution in [0.1, 0.15) is 13.8 Å². The summed E-state index contributed by atoms with van der Waals surface area (Å²) in [4.78, 5) is 26.8. The van der Waals surface area contributed by atoms with Crippen molar-refractivity contribution in [2.75, 3.05) is 47.3 Å². The highest BCUT2D eigenvalue weighted by atomic mass is 16.2.